The molecular formula is C76H104N18O19S2. The largest absolute Gasteiger partial charge is 0.480 e. The molecule has 1 saturated heterocycles. The number of aromatic amines is 1. The molecule has 0 spiro atoms. The first kappa shape index (κ1) is 92.8. The van der Waals surface area contributed by atoms with Crippen LogP contribution in [-0.2, 0) is 97.6 Å². The number of unbranched alkanes of at least 4 members (excludes halogenated alkanes) is 2. The third-order valence-electron chi connectivity index (χ3n) is 18.3. The molecule has 6 rings (SSSR count). The number of H-pyrrole nitrogens is 1. The van der Waals surface area contributed by atoms with Gasteiger partial charge in [-0.3, -0.25) is 67.1 Å². The SMILES string of the molecule is C[C@H](N)C(=O)NCC(=O)N[C@H]1CSSC[C@@H](C(=O)O)NC(=O)[C@H](CO)NC(=O)C([C@@H](C)O)NC(=O)[C@H](Cc2ccccc2)NC(=O)C([C@@H](C)O)NC(=O)[C@H](CCCCN)NC(=O)[C@H](Cc2c[nH]c3ccccc23)NC(=O)[C@H](Cc2ccccc2)NC(=O)[C@H](Cc2ccccc2)NC(=O)[C@H](CC(N)=O)NC(=O)[C@H](CCCCN)NC1=O. The summed E-state index contributed by atoms with van der Waals surface area (Å²) in [5, 5.41) is 76.1. The van der Waals surface area contributed by atoms with Gasteiger partial charge in [0.1, 0.15) is 72.5 Å². The van der Waals surface area contributed by atoms with E-state index in [4.69, 9.17) is 22.9 Å². The van der Waals surface area contributed by atoms with Gasteiger partial charge in [0.15, 0.2) is 0 Å². The van der Waals surface area contributed by atoms with Gasteiger partial charge in [0, 0.05) is 54.3 Å². The average Bonchev–Trinajstić information content (AvgIpc) is 1.71. The Labute approximate surface area is 670 Å². The molecule has 624 valence electrons. The highest BCUT2D eigenvalue weighted by Gasteiger charge is 2.40. The number of aliphatic hydroxyl groups excluding tert-OH is 3. The lowest BCUT2D eigenvalue weighted by atomic mass is 10.00. The van der Waals surface area contributed by atoms with Crippen molar-refractivity contribution in [3.8, 4) is 0 Å². The van der Waals surface area contributed by atoms with E-state index >= 15 is 14.4 Å². The molecule has 0 bridgehead atoms. The molecule has 0 radical (unpaired) electrons. The van der Waals surface area contributed by atoms with Gasteiger partial charge in [0.2, 0.25) is 82.7 Å². The second-order valence-electron chi connectivity index (χ2n) is 27.6. The van der Waals surface area contributed by atoms with Crippen LogP contribution in [0, 0.1) is 0 Å². The predicted octanol–water partition coefficient (Wildman–Crippen LogP) is -4.91. The van der Waals surface area contributed by atoms with Crippen molar-refractivity contribution in [3.63, 3.8) is 0 Å². The monoisotopic (exact) mass is 1640 g/mol. The summed E-state index contributed by atoms with van der Waals surface area (Å²) in [7, 11) is 1.49. The summed E-state index contributed by atoms with van der Waals surface area (Å²) in [6, 6.07) is 9.57. The Morgan fingerprint density at radius 2 is 0.852 bits per heavy atom. The van der Waals surface area contributed by atoms with E-state index in [-0.39, 0.29) is 70.9 Å². The van der Waals surface area contributed by atoms with E-state index in [9.17, 15) is 78.0 Å². The van der Waals surface area contributed by atoms with Gasteiger partial charge in [-0.1, -0.05) is 131 Å². The Bertz CT molecular complexity index is 4130. The molecule has 0 saturated carbocycles. The van der Waals surface area contributed by atoms with Gasteiger partial charge < -0.3 is 117 Å². The van der Waals surface area contributed by atoms with Crippen LogP contribution >= 0.6 is 21.6 Å². The van der Waals surface area contributed by atoms with Crippen LogP contribution in [0.2, 0.25) is 0 Å². The van der Waals surface area contributed by atoms with Crippen LogP contribution in [0.1, 0.15) is 88.0 Å². The molecule has 1 aromatic heterocycles. The molecule has 37 nitrogen and oxygen atoms in total. The smallest absolute Gasteiger partial charge is 0.327 e. The minimum Gasteiger partial charge on any atom is -0.480 e. The van der Waals surface area contributed by atoms with Crippen LogP contribution in [-0.4, -0.2) is 243 Å². The quantitative estimate of drug-likeness (QED) is 0.0182. The van der Waals surface area contributed by atoms with E-state index in [0.29, 0.717) is 39.6 Å². The standard InChI is InChI=1S/C76H104N18O19S2/c1-41(79)64(100)82-37-61(99)83-58-39-114-115-40-59(76(112)113)92-72(108)57(38-95)91-75(111)63(43(3)97)94-71(107)54(33-46-23-11-6-12-24-46)90-74(110)62(42(2)96)93-66(102)51(28-16-18-30-78)84-69(105)55(34-47-36-81-49-26-14-13-25-48(47)49)88-68(104)53(32-45-21-9-5-10-22-45)86-67(103)52(31-44-19-7-4-8-20-44)87-70(106)56(35-60(80)98)89-65(101)50(85-73(58)109)27-15-17-29-77/h4-14,19-26,36,41-43,50-59,62-63,81,95-97H,15-18,27-35,37-40,77-79H2,1-3H3,(H2,80,98)(H,82,100)(H,83,99)(H,84,105)(H,85,109)(H,86,103)(H,87,106)(H,88,104)(H,89,101)(H,90,110)(H,91,111)(H,92,108)(H,93,102)(H,94,107)(H,112,113)/t41-,42+,43+,50-,51-,52-,53-,54-,55-,56-,57-,58-,59-,62?,63?/m0/s1. The number of rotatable bonds is 26. The molecule has 1 aliphatic rings. The van der Waals surface area contributed by atoms with Crippen LogP contribution < -0.4 is 92.1 Å². The maximum absolute atomic E-state index is 15.4. The first-order chi connectivity index (χ1) is 54.9. The van der Waals surface area contributed by atoms with Crippen molar-refractivity contribution in [2.75, 3.05) is 37.7 Å². The molecular weight excluding hydrogens is 1530 g/mol. The molecule has 39 heteroatoms. The van der Waals surface area contributed by atoms with E-state index in [0.717, 1.165) is 35.4 Å². The van der Waals surface area contributed by atoms with Crippen molar-refractivity contribution in [1.29, 1.82) is 0 Å². The topological polar surface area (TPSA) is 613 Å². The molecule has 15 atom stereocenters. The van der Waals surface area contributed by atoms with Crippen molar-refractivity contribution in [1.82, 2.24) is 74.1 Å². The number of amides is 14. The van der Waals surface area contributed by atoms with Crippen molar-refractivity contribution in [3.05, 3.63) is 144 Å². The minimum absolute atomic E-state index is 0.104. The third kappa shape index (κ3) is 30.7. The fourth-order valence-corrected chi connectivity index (χ4v) is 14.3. The first-order valence-corrected chi connectivity index (χ1v) is 39.8. The summed E-state index contributed by atoms with van der Waals surface area (Å²) in [4.78, 5) is 217. The third-order valence-corrected chi connectivity index (χ3v) is 20.7. The molecule has 2 heterocycles. The Morgan fingerprint density at radius 1 is 0.470 bits per heavy atom. The number of primary amides is 1. The van der Waals surface area contributed by atoms with Crippen molar-refractivity contribution in [2.45, 2.75) is 182 Å². The number of carbonyl (C=O) groups excluding carboxylic acids is 14. The molecule has 1 aliphatic heterocycles. The second kappa shape index (κ2) is 47.6. The Hall–Kier alpha value is -11.1. The van der Waals surface area contributed by atoms with Gasteiger partial charge in [0.25, 0.3) is 0 Å². The summed E-state index contributed by atoms with van der Waals surface area (Å²) in [6.07, 6.45) is -3.48. The number of para-hydroxylation sites is 1. The zero-order valence-corrected chi connectivity index (χ0v) is 65.4. The number of hydrogen-bond donors (Lipinski definition) is 22. The molecule has 1 fully saturated rings. The number of hydrogen-bond acceptors (Lipinski definition) is 23. The van der Waals surface area contributed by atoms with Crippen LogP contribution in [0.25, 0.3) is 10.9 Å². The van der Waals surface area contributed by atoms with Crippen LogP contribution in [0.4, 0.5) is 0 Å². The lowest BCUT2D eigenvalue weighted by Gasteiger charge is -2.29. The number of aliphatic hydroxyl groups is 3. The number of aromatic nitrogens is 1. The minimum atomic E-state index is -1.99. The number of nitrogens with two attached hydrogens (primary N) is 4. The van der Waals surface area contributed by atoms with Crippen LogP contribution in [0.15, 0.2) is 121 Å². The molecule has 5 aromatic rings. The number of carbonyl (C=O) groups is 15. The van der Waals surface area contributed by atoms with Crippen LogP contribution in [0.3, 0.4) is 0 Å². The van der Waals surface area contributed by atoms with Gasteiger partial charge in [-0.25, -0.2) is 4.79 Å². The molecule has 26 N–H and O–H groups in total. The predicted molar refractivity (Wildman–Crippen MR) is 425 cm³/mol. The number of aliphatic carboxylic acids is 1. The number of fused-ring (bicyclic) bond motifs is 1. The van der Waals surface area contributed by atoms with Crippen molar-refractivity contribution >= 4 is 121 Å². The molecule has 2 unspecified atom stereocenters. The van der Waals surface area contributed by atoms with Gasteiger partial charge in [-0.2, -0.15) is 0 Å². The Kier molecular flexibility index (Phi) is 38.4. The normalized spacial score (nSPS) is 23.7. The lowest BCUT2D eigenvalue weighted by molar-refractivity contribution is -0.142. The second-order valence-corrected chi connectivity index (χ2v) is 30.1. The van der Waals surface area contributed by atoms with E-state index in [1.165, 1.54) is 6.92 Å². The summed E-state index contributed by atoms with van der Waals surface area (Å²) < 4.78 is 0. The van der Waals surface area contributed by atoms with Gasteiger partial charge in [-0.05, 0) is 101 Å². The van der Waals surface area contributed by atoms with Gasteiger partial charge in [-0.15, -0.1) is 0 Å². The average molecular weight is 1640 g/mol. The summed E-state index contributed by atoms with van der Waals surface area (Å²) in [6.45, 7) is 1.88. The highest BCUT2D eigenvalue weighted by Crippen LogP contribution is 2.25. The van der Waals surface area contributed by atoms with E-state index in [1.54, 1.807) is 121 Å². The van der Waals surface area contributed by atoms with E-state index in [2.05, 4.69) is 74.1 Å². The number of benzene rings is 4. The van der Waals surface area contributed by atoms with Crippen molar-refractivity contribution < 1.29 is 92.3 Å². The summed E-state index contributed by atoms with van der Waals surface area (Å²) in [5.41, 5.74) is 25.6. The molecule has 4 aromatic carbocycles. The fourth-order valence-electron chi connectivity index (χ4n) is 11.9. The highest BCUT2D eigenvalue weighted by atomic mass is 33.1. The highest BCUT2D eigenvalue weighted by molar-refractivity contribution is 8.76. The van der Waals surface area contributed by atoms with E-state index < -0.39 is 210 Å². The Morgan fingerprint density at radius 3 is 1.30 bits per heavy atom. The van der Waals surface area contributed by atoms with Gasteiger partial charge >= 0.3 is 5.97 Å². The first-order valence-electron chi connectivity index (χ1n) is 37.4. The lowest BCUT2D eigenvalue weighted by Crippen LogP contribution is -2.63. The fraction of sp³-hybridized carbons (Fsp3) is 0.461. The Balaban J connectivity index is 1.47. The number of carboxylic acids is 1. The van der Waals surface area contributed by atoms with Gasteiger partial charge in [0.05, 0.1) is 37.8 Å². The maximum Gasteiger partial charge on any atom is 0.327 e. The molecule has 115 heavy (non-hydrogen) atoms. The molecule has 0 aliphatic carbocycles. The number of carboxylic acid groups (broad SMARTS) is 1. The van der Waals surface area contributed by atoms with E-state index in [1.807, 2.05) is 0 Å². The maximum atomic E-state index is 15.4. The molecule has 14 amide bonds. The summed E-state index contributed by atoms with van der Waals surface area (Å²) in [5.74, 6) is -17.7. The number of nitrogens with one attached hydrogen (secondary N) is 14. The zero-order valence-electron chi connectivity index (χ0n) is 63.8. The van der Waals surface area contributed by atoms with Crippen molar-refractivity contribution in [2.24, 2.45) is 22.9 Å². The van der Waals surface area contributed by atoms with Crippen LogP contribution in [0.5, 0.6) is 0 Å². The zero-order chi connectivity index (χ0) is 84.3. The summed E-state index contributed by atoms with van der Waals surface area (Å²) >= 11 is 0.